The number of benzene rings is 3. The van der Waals surface area contributed by atoms with Crippen LogP contribution in [0, 0.1) is 17.5 Å². The molecule has 0 aliphatic carbocycles. The summed E-state index contributed by atoms with van der Waals surface area (Å²) in [7, 11) is 0. The van der Waals surface area contributed by atoms with Gasteiger partial charge in [0.25, 0.3) is 6.08 Å². The van der Waals surface area contributed by atoms with Crippen LogP contribution in [0.25, 0.3) is 28.0 Å². The normalized spacial score (nSPS) is 11.2. The fraction of sp³-hybridized carbons (Fsp3) is 0.0909. The third kappa shape index (κ3) is 4.06. The highest BCUT2D eigenvalue weighted by atomic mass is 19.3. The zero-order valence-corrected chi connectivity index (χ0v) is 14.8. The fourth-order valence-electron chi connectivity index (χ4n) is 2.82. The van der Waals surface area contributed by atoms with E-state index in [0.717, 1.165) is 6.07 Å². The van der Waals surface area contributed by atoms with Crippen LogP contribution in [0.5, 0.6) is 5.75 Å². The van der Waals surface area contributed by atoms with Crippen LogP contribution in [0.1, 0.15) is 12.5 Å². The van der Waals surface area contributed by atoms with Crippen LogP contribution >= 0.6 is 0 Å². The predicted molar refractivity (Wildman–Crippen MR) is 99.8 cm³/mol. The van der Waals surface area contributed by atoms with Gasteiger partial charge in [-0.2, -0.15) is 8.78 Å². The Hall–Kier alpha value is -3.15. The molecule has 0 bridgehead atoms. The Morgan fingerprint density at radius 2 is 1.75 bits per heavy atom. The molecule has 3 aromatic rings. The molecule has 3 rings (SSSR count). The molecule has 144 valence electrons. The first-order valence-corrected chi connectivity index (χ1v) is 8.39. The lowest BCUT2D eigenvalue weighted by molar-refractivity contribution is 0.360. The number of fused-ring (bicyclic) bond motifs is 1. The third-order valence-electron chi connectivity index (χ3n) is 4.15. The molecule has 0 spiro atoms. The average molecular weight is 390 g/mol. The highest BCUT2D eigenvalue weighted by Gasteiger charge is 2.15. The standard InChI is InChI=1S/C22H15F5O/c1-2-3-8-28-15-5-7-16(20(24)11-15)13-4-6-17-14(9-13)10-19(23)18(22(17)27)12-21(25)26/h2-7,9-12H,8H2,1H3. The van der Waals surface area contributed by atoms with E-state index < -0.39 is 29.1 Å². The second-order valence-corrected chi connectivity index (χ2v) is 5.98. The molecule has 0 radical (unpaired) electrons. The number of hydrogen-bond acceptors (Lipinski definition) is 1. The van der Waals surface area contributed by atoms with Crippen LogP contribution in [-0.4, -0.2) is 6.61 Å². The molecule has 0 aliphatic heterocycles. The zero-order valence-electron chi connectivity index (χ0n) is 14.8. The minimum Gasteiger partial charge on any atom is -0.489 e. The van der Waals surface area contributed by atoms with Crippen molar-refractivity contribution >= 4 is 16.8 Å². The Balaban J connectivity index is 2.02. The molecule has 0 aliphatic rings. The van der Waals surface area contributed by atoms with Crippen LogP contribution in [0.15, 0.2) is 60.7 Å². The minimum atomic E-state index is -2.20. The van der Waals surface area contributed by atoms with Gasteiger partial charge in [-0.25, -0.2) is 13.2 Å². The monoisotopic (exact) mass is 390 g/mol. The lowest BCUT2D eigenvalue weighted by Gasteiger charge is -2.10. The highest BCUT2D eigenvalue weighted by Crippen LogP contribution is 2.32. The summed E-state index contributed by atoms with van der Waals surface area (Å²) in [6.45, 7) is 2.14. The fourth-order valence-corrected chi connectivity index (χ4v) is 2.82. The molecule has 28 heavy (non-hydrogen) atoms. The summed E-state index contributed by atoms with van der Waals surface area (Å²) in [5.74, 6) is -2.43. The van der Waals surface area contributed by atoms with Crippen molar-refractivity contribution in [2.24, 2.45) is 0 Å². The Kier molecular flexibility index (Phi) is 5.78. The Labute approximate surface area is 158 Å². The Morgan fingerprint density at radius 1 is 0.964 bits per heavy atom. The summed E-state index contributed by atoms with van der Waals surface area (Å²) >= 11 is 0. The maximum atomic E-state index is 14.5. The maximum absolute atomic E-state index is 14.5. The van der Waals surface area contributed by atoms with E-state index in [0.29, 0.717) is 17.9 Å². The molecule has 0 heterocycles. The summed E-state index contributed by atoms with van der Waals surface area (Å²) < 4.78 is 73.1. The SMILES string of the molecule is CC=CCOc1ccc(-c2ccc3c(F)c(C=C(F)F)c(F)cc3c2)c(F)c1. The molecule has 0 atom stereocenters. The largest absolute Gasteiger partial charge is 0.489 e. The van der Waals surface area contributed by atoms with Crippen molar-refractivity contribution in [2.75, 3.05) is 6.61 Å². The molecule has 0 amide bonds. The number of hydrogen-bond donors (Lipinski definition) is 0. The van der Waals surface area contributed by atoms with Crippen LogP contribution in [-0.2, 0) is 0 Å². The van der Waals surface area contributed by atoms with Crippen molar-refractivity contribution in [1.29, 1.82) is 0 Å². The average Bonchev–Trinajstić information content (AvgIpc) is 2.65. The van der Waals surface area contributed by atoms with Gasteiger partial charge in [0.05, 0.1) is 5.56 Å². The molecule has 0 saturated carbocycles. The van der Waals surface area contributed by atoms with E-state index in [1.54, 1.807) is 18.2 Å². The van der Waals surface area contributed by atoms with Gasteiger partial charge in [-0.3, -0.25) is 0 Å². The molecule has 0 aromatic heterocycles. The van der Waals surface area contributed by atoms with Crippen molar-refractivity contribution in [3.05, 3.63) is 83.7 Å². The summed E-state index contributed by atoms with van der Waals surface area (Å²) in [5, 5.41) is 0.0982. The predicted octanol–water partition coefficient (Wildman–Crippen LogP) is 7.12. The van der Waals surface area contributed by atoms with Crippen molar-refractivity contribution < 1.29 is 26.7 Å². The summed E-state index contributed by atoms with van der Waals surface area (Å²) in [5.41, 5.74) is -0.197. The van der Waals surface area contributed by atoms with Gasteiger partial charge in [0.1, 0.15) is 29.8 Å². The van der Waals surface area contributed by atoms with Crippen molar-refractivity contribution in [3.63, 3.8) is 0 Å². The highest BCUT2D eigenvalue weighted by molar-refractivity contribution is 5.90. The number of allylic oxidation sites excluding steroid dienone is 1. The maximum Gasteiger partial charge on any atom is 0.271 e. The van der Waals surface area contributed by atoms with Gasteiger partial charge in [-0.05, 0) is 42.1 Å². The third-order valence-corrected chi connectivity index (χ3v) is 4.15. The van der Waals surface area contributed by atoms with Gasteiger partial charge in [-0.15, -0.1) is 0 Å². The van der Waals surface area contributed by atoms with Crippen molar-refractivity contribution in [3.8, 4) is 16.9 Å². The van der Waals surface area contributed by atoms with Crippen molar-refractivity contribution in [2.45, 2.75) is 6.92 Å². The van der Waals surface area contributed by atoms with Crippen LogP contribution < -0.4 is 4.74 Å². The smallest absolute Gasteiger partial charge is 0.271 e. The zero-order chi connectivity index (χ0) is 20.3. The van der Waals surface area contributed by atoms with Gasteiger partial charge in [0.2, 0.25) is 0 Å². The molecular weight excluding hydrogens is 375 g/mol. The van der Waals surface area contributed by atoms with E-state index in [1.807, 2.05) is 6.92 Å². The lowest BCUT2D eigenvalue weighted by Crippen LogP contribution is -1.95. The van der Waals surface area contributed by atoms with Gasteiger partial charge in [0, 0.05) is 23.1 Å². The van der Waals surface area contributed by atoms with Crippen molar-refractivity contribution in [1.82, 2.24) is 0 Å². The minimum absolute atomic E-state index is 0.0376. The van der Waals surface area contributed by atoms with E-state index in [1.165, 1.54) is 30.3 Å². The number of rotatable bonds is 5. The summed E-state index contributed by atoms with van der Waals surface area (Å²) in [6, 6.07) is 9.42. The molecule has 0 fully saturated rings. The van der Waals surface area contributed by atoms with Gasteiger partial charge < -0.3 is 4.74 Å². The second-order valence-electron chi connectivity index (χ2n) is 5.98. The number of ether oxygens (including phenoxy) is 1. The van der Waals surface area contributed by atoms with E-state index in [4.69, 9.17) is 4.74 Å². The lowest BCUT2D eigenvalue weighted by atomic mass is 9.98. The van der Waals surface area contributed by atoms with Crippen LogP contribution in [0.2, 0.25) is 0 Å². The van der Waals surface area contributed by atoms with E-state index >= 15 is 0 Å². The molecule has 0 N–H and O–H groups in total. The Morgan fingerprint density at radius 3 is 2.43 bits per heavy atom. The molecular formula is C22H15F5O. The molecule has 0 unspecified atom stereocenters. The molecule has 1 nitrogen and oxygen atoms in total. The van der Waals surface area contributed by atoms with Crippen LogP contribution in [0.3, 0.4) is 0 Å². The molecule has 3 aromatic carbocycles. The molecule has 6 heteroatoms. The quantitative estimate of drug-likeness (QED) is 0.333. The summed E-state index contributed by atoms with van der Waals surface area (Å²) in [4.78, 5) is 0. The van der Waals surface area contributed by atoms with Gasteiger partial charge >= 0.3 is 0 Å². The first kappa shape index (κ1) is 19.6. The topological polar surface area (TPSA) is 9.23 Å². The van der Waals surface area contributed by atoms with Gasteiger partial charge in [0.15, 0.2) is 0 Å². The van der Waals surface area contributed by atoms with Gasteiger partial charge in [-0.1, -0.05) is 24.3 Å². The van der Waals surface area contributed by atoms with E-state index in [2.05, 4.69) is 0 Å². The first-order valence-electron chi connectivity index (χ1n) is 8.39. The van der Waals surface area contributed by atoms with E-state index in [9.17, 15) is 22.0 Å². The molecule has 0 saturated heterocycles. The Bertz CT molecular complexity index is 1080. The first-order chi connectivity index (χ1) is 13.4. The van der Waals surface area contributed by atoms with E-state index in [-0.39, 0.29) is 22.4 Å². The summed E-state index contributed by atoms with van der Waals surface area (Å²) in [6.07, 6.45) is 1.52. The second kappa shape index (κ2) is 8.25. The number of halogens is 5. The van der Waals surface area contributed by atoms with Crippen LogP contribution in [0.4, 0.5) is 22.0 Å².